The van der Waals surface area contributed by atoms with E-state index in [0.717, 1.165) is 0 Å². The van der Waals surface area contributed by atoms with Gasteiger partial charge in [-0.15, -0.1) is 0 Å². The van der Waals surface area contributed by atoms with Crippen LogP contribution in [0.25, 0.3) is 0 Å². The molecule has 1 aromatic rings. The number of nitrogens with zero attached hydrogens (tertiary/aromatic N) is 1. The minimum Gasteiger partial charge on any atom is -0.389 e. The Kier molecular flexibility index (Phi) is 4.94. The molecular formula is C19H23ClFNO4. The number of halogens is 2. The van der Waals surface area contributed by atoms with E-state index in [2.05, 4.69) is 0 Å². The summed E-state index contributed by atoms with van der Waals surface area (Å²) < 4.78 is 25.3. The van der Waals surface area contributed by atoms with Crippen LogP contribution in [0.3, 0.4) is 0 Å². The maximum Gasteiger partial charge on any atom is 0.227 e. The van der Waals surface area contributed by atoms with Gasteiger partial charge in [0.15, 0.2) is 0 Å². The van der Waals surface area contributed by atoms with Crippen molar-refractivity contribution in [3.8, 4) is 0 Å². The van der Waals surface area contributed by atoms with Crippen molar-refractivity contribution >= 4 is 17.5 Å². The van der Waals surface area contributed by atoms with Gasteiger partial charge in [0.1, 0.15) is 5.82 Å². The van der Waals surface area contributed by atoms with Crippen molar-refractivity contribution in [2.75, 3.05) is 33.0 Å². The second kappa shape index (κ2) is 7.08. The van der Waals surface area contributed by atoms with Crippen molar-refractivity contribution in [3.05, 3.63) is 34.6 Å². The largest absolute Gasteiger partial charge is 0.389 e. The van der Waals surface area contributed by atoms with E-state index in [9.17, 15) is 14.3 Å². The molecule has 4 rings (SSSR count). The first-order chi connectivity index (χ1) is 12.5. The number of carbonyl (C=O) groups is 1. The van der Waals surface area contributed by atoms with Crippen LogP contribution in [0.15, 0.2) is 18.2 Å². The molecular weight excluding hydrogens is 361 g/mol. The first-order valence-electron chi connectivity index (χ1n) is 9.11. The molecule has 0 unspecified atom stereocenters. The SMILES string of the molecule is O=C(Cc1c(F)cccc1Cl)N1C[C@H]2COCC[C@@]2(O)[C@@H]2COCC[C@@H]21. The molecule has 1 amide bonds. The number of aliphatic hydroxyl groups is 1. The molecule has 5 nitrogen and oxygen atoms in total. The lowest BCUT2D eigenvalue weighted by Gasteiger charge is -2.57. The topological polar surface area (TPSA) is 59.0 Å². The average Bonchev–Trinajstić information content (AvgIpc) is 2.64. The first kappa shape index (κ1) is 18.2. The van der Waals surface area contributed by atoms with Gasteiger partial charge >= 0.3 is 0 Å². The van der Waals surface area contributed by atoms with Crippen LogP contribution in [-0.4, -0.2) is 60.5 Å². The highest BCUT2D eigenvalue weighted by atomic mass is 35.5. The number of benzene rings is 1. The van der Waals surface area contributed by atoms with Crippen LogP contribution in [0, 0.1) is 17.7 Å². The predicted octanol–water partition coefficient (Wildman–Crippen LogP) is 2.04. The number of fused-ring (bicyclic) bond motifs is 3. The van der Waals surface area contributed by atoms with Gasteiger partial charge in [0.25, 0.3) is 0 Å². The third-order valence-electron chi connectivity index (χ3n) is 6.16. The summed E-state index contributed by atoms with van der Waals surface area (Å²) in [5, 5.41) is 11.5. The van der Waals surface area contributed by atoms with E-state index in [0.29, 0.717) is 45.8 Å². The Morgan fingerprint density at radius 2 is 2.15 bits per heavy atom. The van der Waals surface area contributed by atoms with Gasteiger partial charge < -0.3 is 19.5 Å². The maximum atomic E-state index is 14.1. The minimum absolute atomic E-state index is 0.0818. The molecule has 1 N–H and O–H groups in total. The number of hydrogen-bond donors (Lipinski definition) is 1. The predicted molar refractivity (Wildman–Crippen MR) is 93.4 cm³/mol. The normalized spacial score (nSPS) is 34.1. The van der Waals surface area contributed by atoms with Crippen LogP contribution < -0.4 is 0 Å². The Morgan fingerprint density at radius 3 is 2.96 bits per heavy atom. The molecule has 3 saturated heterocycles. The fourth-order valence-electron chi connectivity index (χ4n) is 4.70. The molecule has 0 aliphatic carbocycles. The van der Waals surface area contributed by atoms with Crippen LogP contribution >= 0.6 is 11.6 Å². The fraction of sp³-hybridized carbons (Fsp3) is 0.632. The summed E-state index contributed by atoms with van der Waals surface area (Å²) in [5.41, 5.74) is -0.640. The number of carbonyl (C=O) groups excluding carboxylic acids is 1. The second-order valence-electron chi connectivity index (χ2n) is 7.47. The molecule has 3 fully saturated rings. The fourth-order valence-corrected chi connectivity index (χ4v) is 4.93. The molecule has 3 heterocycles. The van der Waals surface area contributed by atoms with Crippen molar-refractivity contribution in [1.82, 2.24) is 4.90 Å². The van der Waals surface area contributed by atoms with Crippen LogP contribution in [0.5, 0.6) is 0 Å². The summed E-state index contributed by atoms with van der Waals surface area (Å²) in [4.78, 5) is 14.8. The molecule has 7 heteroatoms. The van der Waals surface area contributed by atoms with Crippen LogP contribution in [-0.2, 0) is 20.7 Å². The van der Waals surface area contributed by atoms with Gasteiger partial charge in [0.2, 0.25) is 5.91 Å². The van der Waals surface area contributed by atoms with Crippen LogP contribution in [0.2, 0.25) is 5.02 Å². The summed E-state index contributed by atoms with van der Waals surface area (Å²) in [6.07, 6.45) is 1.16. The lowest BCUT2D eigenvalue weighted by atomic mass is 9.66. The van der Waals surface area contributed by atoms with E-state index in [1.54, 1.807) is 11.0 Å². The Hall–Kier alpha value is -1.21. The number of piperidine rings is 1. The molecule has 26 heavy (non-hydrogen) atoms. The molecule has 0 spiro atoms. The van der Waals surface area contributed by atoms with Gasteiger partial charge in [-0.05, 0) is 18.6 Å². The van der Waals surface area contributed by atoms with E-state index in [4.69, 9.17) is 21.1 Å². The second-order valence-corrected chi connectivity index (χ2v) is 7.88. The number of likely N-dealkylation sites (tertiary alicyclic amines) is 1. The van der Waals surface area contributed by atoms with Crippen molar-refractivity contribution in [3.63, 3.8) is 0 Å². The highest BCUT2D eigenvalue weighted by Crippen LogP contribution is 2.44. The maximum absolute atomic E-state index is 14.1. The van der Waals surface area contributed by atoms with Crippen molar-refractivity contribution in [2.24, 2.45) is 11.8 Å². The highest BCUT2D eigenvalue weighted by molar-refractivity contribution is 6.31. The molecule has 3 aliphatic heterocycles. The van der Waals surface area contributed by atoms with Gasteiger partial charge in [-0.25, -0.2) is 4.39 Å². The third-order valence-corrected chi connectivity index (χ3v) is 6.52. The molecule has 0 aromatic heterocycles. The third kappa shape index (κ3) is 3.03. The Labute approximate surface area is 157 Å². The lowest BCUT2D eigenvalue weighted by Crippen LogP contribution is -2.69. The van der Waals surface area contributed by atoms with Gasteiger partial charge in [-0.2, -0.15) is 0 Å². The number of hydrogen-bond acceptors (Lipinski definition) is 4. The number of ether oxygens (including phenoxy) is 2. The average molecular weight is 384 g/mol. The Morgan fingerprint density at radius 1 is 1.35 bits per heavy atom. The highest BCUT2D eigenvalue weighted by Gasteiger charge is 2.56. The zero-order valence-electron chi connectivity index (χ0n) is 14.5. The quantitative estimate of drug-likeness (QED) is 0.849. The van der Waals surface area contributed by atoms with Gasteiger partial charge in [-0.3, -0.25) is 4.79 Å². The van der Waals surface area contributed by atoms with Crippen LogP contribution in [0.4, 0.5) is 4.39 Å². The summed E-state index contributed by atoms with van der Waals surface area (Å²) >= 11 is 6.09. The molecule has 3 aliphatic rings. The number of amides is 1. The zero-order chi connectivity index (χ0) is 18.3. The summed E-state index contributed by atoms with van der Waals surface area (Å²) in [7, 11) is 0. The van der Waals surface area contributed by atoms with Crippen molar-refractivity contribution in [1.29, 1.82) is 0 Å². The van der Waals surface area contributed by atoms with Gasteiger partial charge in [0, 0.05) is 54.6 Å². The van der Waals surface area contributed by atoms with Gasteiger partial charge in [0.05, 0.1) is 25.2 Å². The molecule has 0 saturated carbocycles. The van der Waals surface area contributed by atoms with E-state index in [1.165, 1.54) is 12.1 Å². The summed E-state index contributed by atoms with van der Waals surface area (Å²) in [6.45, 7) is 2.35. The molecule has 0 bridgehead atoms. The Balaban J connectivity index is 1.60. The number of rotatable bonds is 2. The standard InChI is InChI=1S/C19H23ClFNO4/c20-15-2-1-3-16(21)13(15)8-18(23)22-9-12-10-26-7-5-19(12,24)14-11-25-6-4-17(14)22/h1-3,12,14,17,24H,4-11H2/t12-,14+,17-,19-/m0/s1. The van der Waals surface area contributed by atoms with Gasteiger partial charge in [-0.1, -0.05) is 17.7 Å². The Bertz CT molecular complexity index is 682. The molecule has 4 atom stereocenters. The van der Waals surface area contributed by atoms with E-state index in [-0.39, 0.29) is 40.8 Å². The van der Waals surface area contributed by atoms with Crippen molar-refractivity contribution in [2.45, 2.75) is 30.9 Å². The summed E-state index contributed by atoms with van der Waals surface area (Å²) in [5.74, 6) is -0.927. The van der Waals surface area contributed by atoms with E-state index >= 15 is 0 Å². The smallest absolute Gasteiger partial charge is 0.227 e. The lowest BCUT2D eigenvalue weighted by molar-refractivity contribution is -0.219. The van der Waals surface area contributed by atoms with Crippen LogP contribution in [0.1, 0.15) is 18.4 Å². The zero-order valence-corrected chi connectivity index (χ0v) is 15.3. The monoisotopic (exact) mass is 383 g/mol. The first-order valence-corrected chi connectivity index (χ1v) is 9.48. The van der Waals surface area contributed by atoms with Crippen molar-refractivity contribution < 1.29 is 23.8 Å². The molecule has 0 radical (unpaired) electrons. The molecule has 142 valence electrons. The molecule has 1 aromatic carbocycles. The summed E-state index contributed by atoms with van der Waals surface area (Å²) in [6, 6.07) is 4.34. The minimum atomic E-state index is -0.865. The van der Waals surface area contributed by atoms with E-state index < -0.39 is 11.4 Å². The van der Waals surface area contributed by atoms with E-state index in [1.807, 2.05) is 0 Å².